The Morgan fingerprint density at radius 2 is 2.07 bits per heavy atom. The lowest BCUT2D eigenvalue weighted by atomic mass is 9.77. The number of nitrogens with one attached hydrogen (secondary N) is 2. The Labute approximate surface area is 173 Å². The van der Waals surface area contributed by atoms with Gasteiger partial charge in [-0.25, -0.2) is 14.8 Å². The van der Waals surface area contributed by atoms with Crippen molar-refractivity contribution >= 4 is 34.4 Å². The van der Waals surface area contributed by atoms with Crippen LogP contribution in [-0.4, -0.2) is 51.6 Å². The molecule has 156 valence electrons. The van der Waals surface area contributed by atoms with Crippen molar-refractivity contribution < 1.29 is 14.7 Å². The van der Waals surface area contributed by atoms with Crippen LogP contribution in [-0.2, 0) is 4.79 Å². The molecular weight excluding hydrogens is 384 g/mol. The highest BCUT2D eigenvalue weighted by atomic mass is 16.4. The van der Waals surface area contributed by atoms with Crippen molar-refractivity contribution in [1.29, 1.82) is 0 Å². The average molecular weight is 408 g/mol. The van der Waals surface area contributed by atoms with Crippen molar-refractivity contribution in [2.24, 2.45) is 11.1 Å². The summed E-state index contributed by atoms with van der Waals surface area (Å²) in [6.45, 7) is 3.50. The summed E-state index contributed by atoms with van der Waals surface area (Å²) < 4.78 is 0. The number of anilines is 2. The van der Waals surface area contributed by atoms with Crippen LogP contribution in [0.15, 0.2) is 36.8 Å². The van der Waals surface area contributed by atoms with Crippen LogP contribution in [0.25, 0.3) is 11.0 Å². The van der Waals surface area contributed by atoms with Gasteiger partial charge in [0.2, 0.25) is 5.91 Å². The number of H-pyrrole nitrogens is 1. The molecule has 0 bridgehead atoms. The molecule has 9 nitrogen and oxygen atoms in total. The molecule has 4 rings (SSSR count). The number of benzene rings is 1. The van der Waals surface area contributed by atoms with Crippen molar-refractivity contribution in [3.8, 4) is 0 Å². The quantitative estimate of drug-likeness (QED) is 0.507. The second kappa shape index (κ2) is 7.75. The van der Waals surface area contributed by atoms with E-state index >= 15 is 0 Å². The molecule has 1 aliphatic rings. The number of hydrogen-bond donors (Lipinski definition) is 4. The zero-order valence-electron chi connectivity index (χ0n) is 16.7. The topological polar surface area (TPSA) is 137 Å². The lowest BCUT2D eigenvalue weighted by Crippen LogP contribution is -2.50. The van der Waals surface area contributed by atoms with E-state index in [1.165, 1.54) is 12.1 Å². The molecule has 2 aromatic heterocycles. The maximum absolute atomic E-state index is 13.1. The fraction of sp³-hybridized carbons (Fsp3) is 0.333. The zero-order chi connectivity index (χ0) is 21.3. The summed E-state index contributed by atoms with van der Waals surface area (Å²) >= 11 is 0. The number of rotatable bonds is 5. The fourth-order valence-electron chi connectivity index (χ4n) is 4.00. The molecular formula is C21H24N6O3. The third kappa shape index (κ3) is 3.48. The number of piperidine rings is 1. The lowest BCUT2D eigenvalue weighted by Gasteiger charge is -2.40. The Morgan fingerprint density at radius 1 is 1.30 bits per heavy atom. The van der Waals surface area contributed by atoms with Crippen LogP contribution in [0.4, 0.5) is 11.5 Å². The maximum Gasteiger partial charge on any atom is 0.335 e. The Bertz CT molecular complexity index is 1100. The number of fused-ring (bicyclic) bond motifs is 1. The van der Waals surface area contributed by atoms with E-state index in [4.69, 9.17) is 10.8 Å². The minimum atomic E-state index is -1.04. The van der Waals surface area contributed by atoms with Gasteiger partial charge in [0.25, 0.3) is 0 Å². The van der Waals surface area contributed by atoms with Crippen molar-refractivity contribution in [1.82, 2.24) is 15.0 Å². The summed E-state index contributed by atoms with van der Waals surface area (Å²) in [5.41, 5.74) is 7.79. The first kappa shape index (κ1) is 19.8. The number of aromatic carboxylic acids is 1. The summed E-state index contributed by atoms with van der Waals surface area (Å²) in [5.74, 6) is -0.360. The largest absolute Gasteiger partial charge is 0.478 e. The van der Waals surface area contributed by atoms with Gasteiger partial charge in [0, 0.05) is 31.5 Å². The average Bonchev–Trinajstić information content (AvgIpc) is 3.15. The molecule has 1 amide bonds. The monoisotopic (exact) mass is 408 g/mol. The molecule has 1 aliphatic heterocycles. The number of aromatic nitrogens is 3. The molecule has 0 unspecified atom stereocenters. The van der Waals surface area contributed by atoms with Gasteiger partial charge in [0.15, 0.2) is 0 Å². The number of amides is 1. The fourth-order valence-corrected chi connectivity index (χ4v) is 4.00. The van der Waals surface area contributed by atoms with Crippen molar-refractivity contribution in [2.45, 2.75) is 19.8 Å². The molecule has 9 heteroatoms. The number of aromatic amines is 1. The maximum atomic E-state index is 13.1. The van der Waals surface area contributed by atoms with Crippen LogP contribution in [0.1, 0.15) is 28.8 Å². The van der Waals surface area contributed by atoms with E-state index in [0.717, 1.165) is 22.4 Å². The Morgan fingerprint density at radius 3 is 2.77 bits per heavy atom. The molecule has 30 heavy (non-hydrogen) atoms. The number of aryl methyl sites for hydroxylation is 1. The first-order chi connectivity index (χ1) is 14.4. The minimum Gasteiger partial charge on any atom is -0.478 e. The van der Waals surface area contributed by atoms with Gasteiger partial charge in [-0.2, -0.15) is 0 Å². The molecule has 0 spiro atoms. The van der Waals surface area contributed by atoms with Crippen LogP contribution in [0.2, 0.25) is 0 Å². The van der Waals surface area contributed by atoms with E-state index in [-0.39, 0.29) is 18.0 Å². The highest BCUT2D eigenvalue weighted by Crippen LogP contribution is 2.35. The molecule has 3 heterocycles. The van der Waals surface area contributed by atoms with E-state index in [1.54, 1.807) is 18.5 Å². The van der Waals surface area contributed by atoms with Gasteiger partial charge in [-0.05, 0) is 43.5 Å². The van der Waals surface area contributed by atoms with Gasteiger partial charge in [0.05, 0.1) is 16.4 Å². The third-order valence-electron chi connectivity index (χ3n) is 5.91. The Balaban J connectivity index is 1.51. The standard InChI is InChI=1S/C21H24N6O3/c1-13-10-23-17-16(13)18(25-12-24-17)27-7-5-21(11-22,6-8-27)20(30)26-15-4-2-3-14(9-15)19(28)29/h2-4,9-10,12H,5-8,11,22H2,1H3,(H,26,30)(H,28,29)(H,23,24,25). The Kier molecular flexibility index (Phi) is 5.13. The van der Waals surface area contributed by atoms with E-state index in [2.05, 4.69) is 25.2 Å². The number of hydrogen-bond acceptors (Lipinski definition) is 6. The van der Waals surface area contributed by atoms with Crippen molar-refractivity contribution in [3.63, 3.8) is 0 Å². The molecule has 1 aromatic carbocycles. The summed E-state index contributed by atoms with van der Waals surface area (Å²) in [6.07, 6.45) is 4.60. The lowest BCUT2D eigenvalue weighted by molar-refractivity contribution is -0.126. The normalized spacial score (nSPS) is 15.9. The van der Waals surface area contributed by atoms with Gasteiger partial charge < -0.3 is 26.0 Å². The highest BCUT2D eigenvalue weighted by molar-refractivity contribution is 5.97. The van der Waals surface area contributed by atoms with Crippen molar-refractivity contribution in [3.05, 3.63) is 47.9 Å². The first-order valence-corrected chi connectivity index (χ1v) is 9.82. The number of carbonyl (C=O) groups is 2. The van der Waals surface area contributed by atoms with E-state index in [1.807, 2.05) is 13.1 Å². The van der Waals surface area contributed by atoms with Crippen LogP contribution in [0.5, 0.6) is 0 Å². The molecule has 1 saturated heterocycles. The van der Waals surface area contributed by atoms with Crippen LogP contribution in [0, 0.1) is 12.3 Å². The third-order valence-corrected chi connectivity index (χ3v) is 5.91. The SMILES string of the molecule is Cc1c[nH]c2ncnc(N3CCC(CN)(C(=O)Nc4cccc(C(=O)O)c4)CC3)c12. The molecule has 0 saturated carbocycles. The molecule has 3 aromatic rings. The second-order valence-corrected chi connectivity index (χ2v) is 7.70. The highest BCUT2D eigenvalue weighted by Gasteiger charge is 2.41. The smallest absolute Gasteiger partial charge is 0.335 e. The van der Waals surface area contributed by atoms with Gasteiger partial charge in [0.1, 0.15) is 17.8 Å². The summed E-state index contributed by atoms with van der Waals surface area (Å²) in [4.78, 5) is 38.3. The van der Waals surface area contributed by atoms with Gasteiger partial charge in [-0.15, -0.1) is 0 Å². The number of carbonyl (C=O) groups excluding carboxylic acids is 1. The predicted octanol–water partition coefficient (Wildman–Crippen LogP) is 2.15. The van der Waals surface area contributed by atoms with E-state index in [9.17, 15) is 9.59 Å². The van der Waals surface area contributed by atoms with Crippen LogP contribution in [0.3, 0.4) is 0 Å². The van der Waals surface area contributed by atoms with Gasteiger partial charge >= 0.3 is 5.97 Å². The van der Waals surface area contributed by atoms with Gasteiger partial charge in [-0.3, -0.25) is 4.79 Å². The zero-order valence-corrected chi connectivity index (χ0v) is 16.7. The van der Waals surface area contributed by atoms with E-state index < -0.39 is 11.4 Å². The number of nitrogens with two attached hydrogens (primary N) is 1. The Hall–Kier alpha value is -3.46. The number of nitrogens with zero attached hydrogens (tertiary/aromatic N) is 3. The molecule has 0 radical (unpaired) electrons. The number of carboxylic acids is 1. The minimum absolute atomic E-state index is 0.124. The van der Waals surface area contributed by atoms with Crippen molar-refractivity contribution in [2.75, 3.05) is 29.9 Å². The summed E-state index contributed by atoms with van der Waals surface area (Å²) in [6, 6.07) is 6.22. The van der Waals surface area contributed by atoms with E-state index in [0.29, 0.717) is 31.6 Å². The predicted molar refractivity (Wildman–Crippen MR) is 114 cm³/mol. The summed E-state index contributed by atoms with van der Waals surface area (Å²) in [5, 5.41) is 13.0. The van der Waals surface area contributed by atoms with Gasteiger partial charge in [-0.1, -0.05) is 6.07 Å². The molecule has 0 aliphatic carbocycles. The summed E-state index contributed by atoms with van der Waals surface area (Å²) in [7, 11) is 0. The second-order valence-electron chi connectivity index (χ2n) is 7.70. The molecule has 5 N–H and O–H groups in total. The number of carboxylic acid groups (broad SMARTS) is 1. The van der Waals surface area contributed by atoms with Crippen LogP contribution < -0.4 is 16.0 Å². The van der Waals surface area contributed by atoms with Crippen LogP contribution >= 0.6 is 0 Å². The first-order valence-electron chi connectivity index (χ1n) is 9.82. The molecule has 1 fully saturated rings. The molecule has 0 atom stereocenters.